The molecule has 3 nitrogen and oxygen atoms in total. The Morgan fingerprint density at radius 1 is 1.03 bits per heavy atom. The summed E-state index contributed by atoms with van der Waals surface area (Å²) in [5.74, 6) is 2.16. The summed E-state index contributed by atoms with van der Waals surface area (Å²) in [6, 6.07) is 16.2. The molecule has 2 aliphatic rings. The first-order valence-electron chi connectivity index (χ1n) is 10.6. The van der Waals surface area contributed by atoms with Crippen LogP contribution in [0.2, 0.25) is 10.0 Å². The Labute approximate surface area is 220 Å². The zero-order chi connectivity index (χ0) is 23.1. The molecule has 1 N–H and O–H groups in total. The Balaban J connectivity index is 1.45. The predicted molar refractivity (Wildman–Crippen MR) is 142 cm³/mol. The van der Waals surface area contributed by atoms with E-state index in [-0.39, 0.29) is 6.04 Å². The van der Waals surface area contributed by atoms with Crippen molar-refractivity contribution < 1.29 is 9.47 Å². The van der Waals surface area contributed by atoms with Gasteiger partial charge in [-0.15, -0.1) is 0 Å². The molecule has 5 rings (SSSR count). The molecule has 0 aromatic heterocycles. The Morgan fingerprint density at radius 2 is 1.88 bits per heavy atom. The highest BCUT2D eigenvalue weighted by Gasteiger charge is 2.39. The number of fused-ring (bicyclic) bond motifs is 3. The minimum atomic E-state index is 0.144. The summed E-state index contributed by atoms with van der Waals surface area (Å²) in [6.07, 6.45) is 5.66. The maximum absolute atomic E-state index is 6.15. The number of ether oxygens (including phenoxy) is 2. The molecule has 0 radical (unpaired) electrons. The van der Waals surface area contributed by atoms with E-state index in [4.69, 9.17) is 32.7 Å². The van der Waals surface area contributed by atoms with E-state index >= 15 is 0 Å². The van der Waals surface area contributed by atoms with E-state index in [1.54, 1.807) is 13.2 Å². The number of rotatable bonds is 5. The van der Waals surface area contributed by atoms with Crippen molar-refractivity contribution in [2.24, 2.45) is 5.92 Å². The van der Waals surface area contributed by atoms with Crippen LogP contribution in [0.5, 0.6) is 11.5 Å². The monoisotopic (exact) mass is 607 g/mol. The maximum atomic E-state index is 6.15. The molecular weight excluding hydrogens is 589 g/mol. The standard InChI is InChI=1S/C26H21Br2Cl2NO2/c1-32-23-12-15(11-20(28)26(23)33-13-14-8-9-21(29)22(30)10-14)24-17-5-2-4-16(17)18-6-3-7-19(27)25(18)31-24/h2-4,6-12,16-17,24,31H,5,13H2,1H3/t16-,17-,24-/m0/s1. The van der Waals surface area contributed by atoms with Crippen LogP contribution < -0.4 is 14.8 Å². The van der Waals surface area contributed by atoms with Gasteiger partial charge in [0.25, 0.3) is 0 Å². The molecule has 3 atom stereocenters. The van der Waals surface area contributed by atoms with Crippen LogP contribution >= 0.6 is 55.1 Å². The number of halogens is 4. The molecule has 0 saturated heterocycles. The van der Waals surface area contributed by atoms with Gasteiger partial charge in [0, 0.05) is 10.4 Å². The van der Waals surface area contributed by atoms with E-state index in [9.17, 15) is 0 Å². The Hall–Kier alpha value is -1.66. The lowest BCUT2D eigenvalue weighted by Crippen LogP contribution is -2.29. The van der Waals surface area contributed by atoms with Gasteiger partial charge in [0.2, 0.25) is 0 Å². The van der Waals surface area contributed by atoms with E-state index in [2.05, 4.69) is 79.7 Å². The van der Waals surface area contributed by atoms with Gasteiger partial charge < -0.3 is 14.8 Å². The average Bonchev–Trinajstić information content (AvgIpc) is 3.30. The van der Waals surface area contributed by atoms with Gasteiger partial charge in [0.05, 0.1) is 33.4 Å². The second-order valence-electron chi connectivity index (χ2n) is 8.25. The first-order chi connectivity index (χ1) is 16.0. The molecule has 0 amide bonds. The van der Waals surface area contributed by atoms with Gasteiger partial charge >= 0.3 is 0 Å². The van der Waals surface area contributed by atoms with Crippen LogP contribution in [0.4, 0.5) is 5.69 Å². The normalized spacial score (nSPS) is 20.7. The van der Waals surface area contributed by atoms with Gasteiger partial charge in [-0.25, -0.2) is 0 Å². The number of hydrogen-bond acceptors (Lipinski definition) is 3. The third-order valence-electron chi connectivity index (χ3n) is 6.32. The second kappa shape index (κ2) is 9.53. The first-order valence-corrected chi connectivity index (χ1v) is 13.0. The van der Waals surface area contributed by atoms with Crippen molar-refractivity contribution in [1.29, 1.82) is 0 Å². The van der Waals surface area contributed by atoms with Crippen LogP contribution in [0.3, 0.4) is 0 Å². The molecule has 0 unspecified atom stereocenters. The number of para-hydroxylation sites is 1. The highest BCUT2D eigenvalue weighted by Crippen LogP contribution is 2.52. The van der Waals surface area contributed by atoms with Crippen molar-refractivity contribution in [3.8, 4) is 11.5 Å². The zero-order valence-corrected chi connectivity index (χ0v) is 22.4. The van der Waals surface area contributed by atoms with E-state index in [1.807, 2.05) is 12.1 Å². The number of anilines is 1. The molecule has 0 spiro atoms. The summed E-state index contributed by atoms with van der Waals surface area (Å²) in [5, 5.41) is 4.82. The molecular formula is C26H21Br2Cl2NO2. The largest absolute Gasteiger partial charge is 0.493 e. The van der Waals surface area contributed by atoms with Crippen LogP contribution in [0.15, 0.2) is 69.6 Å². The van der Waals surface area contributed by atoms with Crippen molar-refractivity contribution in [3.05, 3.63) is 96.4 Å². The van der Waals surface area contributed by atoms with Crippen LogP contribution in [-0.4, -0.2) is 7.11 Å². The van der Waals surface area contributed by atoms with Crippen molar-refractivity contribution in [2.45, 2.75) is 25.0 Å². The molecule has 170 valence electrons. The fourth-order valence-corrected chi connectivity index (χ4v) is 6.15. The molecule has 0 fully saturated rings. The van der Waals surface area contributed by atoms with Gasteiger partial charge in [-0.05, 0) is 91.2 Å². The molecule has 0 saturated carbocycles. The summed E-state index contributed by atoms with van der Waals surface area (Å²) >= 11 is 19.6. The fourth-order valence-electron chi connectivity index (χ4n) is 4.76. The van der Waals surface area contributed by atoms with Gasteiger partial charge in [-0.1, -0.05) is 53.6 Å². The van der Waals surface area contributed by atoms with Gasteiger partial charge in [-0.2, -0.15) is 0 Å². The van der Waals surface area contributed by atoms with Gasteiger partial charge in [-0.3, -0.25) is 0 Å². The van der Waals surface area contributed by atoms with E-state index in [1.165, 1.54) is 5.56 Å². The third kappa shape index (κ3) is 4.41. The summed E-state index contributed by atoms with van der Waals surface area (Å²) in [4.78, 5) is 0. The van der Waals surface area contributed by atoms with Gasteiger partial charge in [0.1, 0.15) is 6.61 Å². The fraction of sp³-hybridized carbons (Fsp3) is 0.231. The number of nitrogens with one attached hydrogen (secondary N) is 1. The number of hydrogen-bond donors (Lipinski definition) is 1. The molecule has 1 heterocycles. The highest BCUT2D eigenvalue weighted by atomic mass is 79.9. The lowest BCUT2D eigenvalue weighted by molar-refractivity contribution is 0.282. The van der Waals surface area contributed by atoms with Crippen molar-refractivity contribution in [3.63, 3.8) is 0 Å². The van der Waals surface area contributed by atoms with E-state index in [0.29, 0.717) is 40.0 Å². The summed E-state index contributed by atoms with van der Waals surface area (Å²) in [5.41, 5.74) is 4.58. The van der Waals surface area contributed by atoms with Crippen molar-refractivity contribution >= 4 is 60.7 Å². The average molecular weight is 610 g/mol. The smallest absolute Gasteiger partial charge is 0.175 e. The molecule has 1 aliphatic heterocycles. The summed E-state index contributed by atoms with van der Waals surface area (Å²) in [7, 11) is 1.66. The van der Waals surface area contributed by atoms with E-state index in [0.717, 1.165) is 32.2 Å². The van der Waals surface area contributed by atoms with Gasteiger partial charge in [0.15, 0.2) is 11.5 Å². The number of allylic oxidation sites excluding steroid dienone is 2. The third-order valence-corrected chi connectivity index (χ3v) is 8.31. The predicted octanol–water partition coefficient (Wildman–Crippen LogP) is 8.93. The second-order valence-corrected chi connectivity index (χ2v) is 10.8. The molecule has 0 bridgehead atoms. The molecule has 7 heteroatoms. The number of methoxy groups -OCH3 is 1. The van der Waals surface area contributed by atoms with Crippen LogP contribution in [-0.2, 0) is 6.61 Å². The maximum Gasteiger partial charge on any atom is 0.175 e. The van der Waals surface area contributed by atoms with Crippen LogP contribution in [0, 0.1) is 5.92 Å². The lowest BCUT2D eigenvalue weighted by atomic mass is 9.77. The summed E-state index contributed by atoms with van der Waals surface area (Å²) < 4.78 is 13.8. The molecule has 33 heavy (non-hydrogen) atoms. The number of benzene rings is 3. The quantitative estimate of drug-likeness (QED) is 0.293. The minimum Gasteiger partial charge on any atom is -0.493 e. The van der Waals surface area contributed by atoms with Crippen LogP contribution in [0.1, 0.15) is 35.1 Å². The topological polar surface area (TPSA) is 30.5 Å². The minimum absolute atomic E-state index is 0.144. The molecule has 1 aliphatic carbocycles. The first kappa shape index (κ1) is 23.1. The Bertz CT molecular complexity index is 1250. The molecule has 3 aromatic carbocycles. The van der Waals surface area contributed by atoms with Crippen LogP contribution in [0.25, 0.3) is 0 Å². The zero-order valence-electron chi connectivity index (χ0n) is 17.7. The lowest BCUT2D eigenvalue weighted by Gasteiger charge is -2.38. The van der Waals surface area contributed by atoms with Crippen molar-refractivity contribution in [1.82, 2.24) is 0 Å². The highest BCUT2D eigenvalue weighted by molar-refractivity contribution is 9.11. The van der Waals surface area contributed by atoms with Crippen molar-refractivity contribution in [2.75, 3.05) is 12.4 Å². The Morgan fingerprint density at radius 3 is 2.67 bits per heavy atom. The molecule has 3 aromatic rings. The Kier molecular flexibility index (Phi) is 6.67. The van der Waals surface area contributed by atoms with E-state index < -0.39 is 0 Å². The SMILES string of the molecule is COc1cc([C@@H]2Nc3c(Br)cccc3[C@H]3C=CC[C@@H]32)cc(Br)c1OCc1ccc(Cl)c(Cl)c1. The summed E-state index contributed by atoms with van der Waals surface area (Å²) in [6.45, 7) is 0.349.